The van der Waals surface area contributed by atoms with Gasteiger partial charge < -0.3 is 5.32 Å². The third kappa shape index (κ3) is 2.24. The van der Waals surface area contributed by atoms with E-state index in [-0.39, 0.29) is 0 Å². The summed E-state index contributed by atoms with van der Waals surface area (Å²) in [7, 11) is 2.04. The van der Waals surface area contributed by atoms with Crippen molar-refractivity contribution in [1.82, 2.24) is 20.0 Å². The van der Waals surface area contributed by atoms with Gasteiger partial charge in [0, 0.05) is 32.7 Å². The number of piperidine rings is 1. The molecule has 1 aromatic rings. The maximum absolute atomic E-state index is 4.47. The van der Waals surface area contributed by atoms with Crippen LogP contribution in [0.3, 0.4) is 0 Å². The van der Waals surface area contributed by atoms with E-state index in [1.165, 1.54) is 42.6 Å². The molecule has 100 valence electrons. The standard InChI is InChI=1S/C13H21BrN4/c1-9-13(14)12(17(2)16-9)8-18-6-10-4-3-5-15-11(10)7-18/h10-11,15H,3-8H2,1-2H3/t10-,11+/m0/s1. The summed E-state index contributed by atoms with van der Waals surface area (Å²) in [6, 6.07) is 0.715. The van der Waals surface area contributed by atoms with Crippen molar-refractivity contribution in [3.8, 4) is 0 Å². The molecule has 0 aliphatic carbocycles. The lowest BCUT2D eigenvalue weighted by Gasteiger charge is -2.24. The SMILES string of the molecule is Cc1nn(C)c(CN2C[C@@H]3CCCN[C@@H]3C2)c1Br. The van der Waals surface area contributed by atoms with E-state index in [0.29, 0.717) is 6.04 Å². The van der Waals surface area contributed by atoms with E-state index < -0.39 is 0 Å². The molecule has 0 saturated carbocycles. The second-order valence-corrected chi connectivity index (χ2v) is 6.42. The molecule has 0 unspecified atom stereocenters. The number of aryl methyl sites for hydroxylation is 2. The van der Waals surface area contributed by atoms with Crippen LogP contribution >= 0.6 is 15.9 Å². The highest BCUT2D eigenvalue weighted by Gasteiger charge is 2.34. The van der Waals surface area contributed by atoms with Crippen molar-refractivity contribution >= 4 is 15.9 Å². The van der Waals surface area contributed by atoms with Crippen molar-refractivity contribution in [2.75, 3.05) is 19.6 Å². The van der Waals surface area contributed by atoms with Crippen LogP contribution in [0, 0.1) is 12.8 Å². The number of hydrogen-bond acceptors (Lipinski definition) is 3. The number of rotatable bonds is 2. The van der Waals surface area contributed by atoms with Crippen molar-refractivity contribution in [1.29, 1.82) is 0 Å². The first-order valence-corrected chi connectivity index (χ1v) is 7.58. The summed E-state index contributed by atoms with van der Waals surface area (Å²) in [5.74, 6) is 0.854. The van der Waals surface area contributed by atoms with E-state index >= 15 is 0 Å². The molecule has 2 aliphatic heterocycles. The Labute approximate surface area is 117 Å². The fourth-order valence-electron chi connectivity index (χ4n) is 3.33. The number of fused-ring (bicyclic) bond motifs is 1. The molecule has 1 aromatic heterocycles. The van der Waals surface area contributed by atoms with Crippen molar-refractivity contribution in [3.05, 3.63) is 15.9 Å². The zero-order valence-electron chi connectivity index (χ0n) is 11.1. The highest BCUT2D eigenvalue weighted by atomic mass is 79.9. The van der Waals surface area contributed by atoms with E-state index in [2.05, 4.69) is 38.2 Å². The molecular formula is C13H21BrN4. The van der Waals surface area contributed by atoms with Gasteiger partial charge in [-0.05, 0) is 48.2 Å². The van der Waals surface area contributed by atoms with Crippen LogP contribution in [0.4, 0.5) is 0 Å². The van der Waals surface area contributed by atoms with Crippen LogP contribution in [-0.4, -0.2) is 40.4 Å². The molecule has 0 bridgehead atoms. The monoisotopic (exact) mass is 312 g/mol. The number of likely N-dealkylation sites (tertiary alicyclic amines) is 1. The molecule has 0 radical (unpaired) electrons. The maximum Gasteiger partial charge on any atom is 0.0739 e. The minimum absolute atomic E-state index is 0.715. The Hall–Kier alpha value is -0.390. The Balaban J connectivity index is 1.70. The molecule has 3 heterocycles. The fourth-order valence-corrected chi connectivity index (χ4v) is 3.79. The summed E-state index contributed by atoms with van der Waals surface area (Å²) in [4.78, 5) is 2.56. The van der Waals surface area contributed by atoms with Crippen LogP contribution in [0.1, 0.15) is 24.2 Å². The Morgan fingerprint density at radius 1 is 1.44 bits per heavy atom. The first-order chi connectivity index (χ1) is 8.65. The molecule has 2 aliphatic rings. The Kier molecular flexibility index (Phi) is 3.47. The van der Waals surface area contributed by atoms with Gasteiger partial charge in [0.1, 0.15) is 0 Å². The zero-order chi connectivity index (χ0) is 12.7. The molecule has 2 atom stereocenters. The van der Waals surface area contributed by atoms with Crippen molar-refractivity contribution in [2.45, 2.75) is 32.4 Å². The molecule has 0 amide bonds. The van der Waals surface area contributed by atoms with E-state index in [0.717, 1.165) is 18.2 Å². The van der Waals surface area contributed by atoms with Gasteiger partial charge in [-0.1, -0.05) is 0 Å². The fraction of sp³-hybridized carbons (Fsp3) is 0.769. The van der Waals surface area contributed by atoms with Gasteiger partial charge in [-0.2, -0.15) is 5.10 Å². The van der Waals surface area contributed by atoms with Gasteiger partial charge in [0.2, 0.25) is 0 Å². The van der Waals surface area contributed by atoms with Gasteiger partial charge >= 0.3 is 0 Å². The Bertz CT molecular complexity index is 428. The predicted molar refractivity (Wildman–Crippen MR) is 75.4 cm³/mol. The van der Waals surface area contributed by atoms with E-state index in [9.17, 15) is 0 Å². The normalized spacial score (nSPS) is 28.6. The molecule has 0 spiro atoms. The van der Waals surface area contributed by atoms with Crippen molar-refractivity contribution in [2.24, 2.45) is 13.0 Å². The predicted octanol–water partition coefficient (Wildman–Crippen LogP) is 1.67. The van der Waals surface area contributed by atoms with Gasteiger partial charge in [-0.3, -0.25) is 9.58 Å². The first kappa shape index (κ1) is 12.6. The zero-order valence-corrected chi connectivity index (χ0v) is 12.7. The molecule has 1 N–H and O–H groups in total. The Morgan fingerprint density at radius 3 is 2.94 bits per heavy atom. The molecular weight excluding hydrogens is 292 g/mol. The van der Waals surface area contributed by atoms with E-state index in [1.807, 2.05) is 11.7 Å². The second kappa shape index (κ2) is 4.94. The molecule has 18 heavy (non-hydrogen) atoms. The summed E-state index contributed by atoms with van der Waals surface area (Å²) in [6.45, 7) is 6.67. The molecule has 3 rings (SSSR count). The minimum atomic E-state index is 0.715. The smallest absolute Gasteiger partial charge is 0.0739 e. The van der Waals surface area contributed by atoms with Gasteiger partial charge in [0.25, 0.3) is 0 Å². The molecule has 2 fully saturated rings. The van der Waals surface area contributed by atoms with Crippen LogP contribution in [0.5, 0.6) is 0 Å². The van der Waals surface area contributed by atoms with Crippen molar-refractivity contribution < 1.29 is 0 Å². The van der Waals surface area contributed by atoms with Gasteiger partial charge in [-0.25, -0.2) is 0 Å². The highest BCUT2D eigenvalue weighted by Crippen LogP contribution is 2.28. The van der Waals surface area contributed by atoms with Crippen LogP contribution in [0.25, 0.3) is 0 Å². The van der Waals surface area contributed by atoms with Crippen LogP contribution in [-0.2, 0) is 13.6 Å². The summed E-state index contributed by atoms with van der Waals surface area (Å²) in [6.07, 6.45) is 2.73. The second-order valence-electron chi connectivity index (χ2n) is 5.63. The molecule has 2 saturated heterocycles. The Morgan fingerprint density at radius 2 is 2.28 bits per heavy atom. The lowest BCUT2D eigenvalue weighted by atomic mass is 9.94. The summed E-state index contributed by atoms with van der Waals surface area (Å²) < 4.78 is 3.18. The lowest BCUT2D eigenvalue weighted by Crippen LogP contribution is -2.40. The van der Waals surface area contributed by atoms with E-state index in [1.54, 1.807) is 0 Å². The van der Waals surface area contributed by atoms with Crippen molar-refractivity contribution in [3.63, 3.8) is 0 Å². The molecule has 4 nitrogen and oxygen atoms in total. The number of aromatic nitrogens is 2. The highest BCUT2D eigenvalue weighted by molar-refractivity contribution is 9.10. The topological polar surface area (TPSA) is 33.1 Å². The van der Waals surface area contributed by atoms with Gasteiger partial charge in [-0.15, -0.1) is 0 Å². The average Bonchev–Trinajstić information content (AvgIpc) is 2.86. The van der Waals surface area contributed by atoms with Crippen LogP contribution in [0.2, 0.25) is 0 Å². The summed E-state index contributed by atoms with van der Waals surface area (Å²) in [5, 5.41) is 8.13. The number of nitrogens with one attached hydrogen (secondary N) is 1. The molecule has 5 heteroatoms. The van der Waals surface area contributed by atoms with Crippen LogP contribution in [0.15, 0.2) is 4.47 Å². The maximum atomic E-state index is 4.47. The third-order valence-corrected chi connectivity index (χ3v) is 5.34. The molecule has 0 aromatic carbocycles. The largest absolute Gasteiger partial charge is 0.312 e. The minimum Gasteiger partial charge on any atom is -0.312 e. The van der Waals surface area contributed by atoms with E-state index in [4.69, 9.17) is 0 Å². The quantitative estimate of drug-likeness (QED) is 0.902. The van der Waals surface area contributed by atoms with Crippen LogP contribution < -0.4 is 5.32 Å². The number of hydrogen-bond donors (Lipinski definition) is 1. The number of nitrogens with zero attached hydrogens (tertiary/aromatic N) is 3. The summed E-state index contributed by atoms with van der Waals surface area (Å²) in [5.41, 5.74) is 2.38. The third-order valence-electron chi connectivity index (χ3n) is 4.31. The number of halogens is 1. The first-order valence-electron chi connectivity index (χ1n) is 6.79. The van der Waals surface area contributed by atoms with Gasteiger partial charge in [0.05, 0.1) is 15.9 Å². The van der Waals surface area contributed by atoms with Gasteiger partial charge in [0.15, 0.2) is 0 Å². The lowest BCUT2D eigenvalue weighted by molar-refractivity contribution is 0.304. The average molecular weight is 313 g/mol. The summed E-state index contributed by atoms with van der Waals surface area (Å²) >= 11 is 3.66.